The number of piperidine rings is 1. The predicted octanol–water partition coefficient (Wildman–Crippen LogP) is 9.31. The second kappa shape index (κ2) is 15.6. The van der Waals surface area contributed by atoms with E-state index in [1.807, 2.05) is 24.3 Å². The van der Waals surface area contributed by atoms with E-state index in [0.717, 1.165) is 75.7 Å². The van der Waals surface area contributed by atoms with Crippen LogP contribution < -0.4 is 9.47 Å². The molecule has 0 aromatic heterocycles. The standard InChI is InChI=1S/C22H29F2NO.C19H25F2NO/c1-3-13-25(2)14-12-22-11-5-4-6-18(22)9-7-17-8-10-19(15-20(17)22)26-16-21(23)24;1-22-9-8-19-7-3-2-4-15(19)17(22)10-13-5-6-14(11-16(13)19)23-12-18(20)21/h3,7-10,15,18,21H,1,4-6,11-14,16H2,2H3;5-6,11,15,17-18H,2-4,7-10,12H2,1H3/t18-,22+;15-,17+,19+/m11/s1/i16D2;12D2. The van der Waals surface area contributed by atoms with Gasteiger partial charge < -0.3 is 19.3 Å². The van der Waals surface area contributed by atoms with Gasteiger partial charge in [0.2, 0.25) is 0 Å². The second-order valence-electron chi connectivity index (χ2n) is 14.8. The summed E-state index contributed by atoms with van der Waals surface area (Å²) >= 11 is 0. The van der Waals surface area contributed by atoms with E-state index in [0.29, 0.717) is 17.9 Å². The number of fused-ring (bicyclic) bond motifs is 4. The molecule has 2 aromatic carbocycles. The van der Waals surface area contributed by atoms with E-state index in [1.54, 1.807) is 18.2 Å². The highest BCUT2D eigenvalue weighted by Gasteiger charge is 2.53. The molecule has 4 nitrogen and oxygen atoms in total. The Balaban J connectivity index is 0.000000182. The molecule has 0 radical (unpaired) electrons. The summed E-state index contributed by atoms with van der Waals surface area (Å²) in [7, 11) is 4.29. The minimum atomic E-state index is -3.20. The lowest BCUT2D eigenvalue weighted by Gasteiger charge is -2.58. The summed E-state index contributed by atoms with van der Waals surface area (Å²) in [6.07, 6.45) is 12.3. The monoisotopic (exact) mass is 686 g/mol. The van der Waals surface area contributed by atoms with Gasteiger partial charge in [0, 0.05) is 23.4 Å². The molecule has 7 rings (SSSR count). The van der Waals surface area contributed by atoms with Crippen molar-refractivity contribution in [2.75, 3.05) is 46.8 Å². The second-order valence-corrected chi connectivity index (χ2v) is 14.8. The number of hydrogen-bond donors (Lipinski definition) is 0. The number of likely N-dealkylation sites (tertiary alicyclic amines) is 1. The smallest absolute Gasteiger partial charge is 0.272 e. The third-order valence-electron chi connectivity index (χ3n) is 12.2. The molecule has 1 saturated heterocycles. The maximum Gasteiger partial charge on any atom is 0.272 e. The summed E-state index contributed by atoms with van der Waals surface area (Å²) in [4.78, 5) is 4.72. The molecule has 49 heavy (non-hydrogen) atoms. The average molecular weight is 687 g/mol. The lowest BCUT2D eigenvalue weighted by atomic mass is 9.52. The fraction of sp³-hybridized carbons (Fsp3) is 0.610. The highest BCUT2D eigenvalue weighted by Crippen LogP contribution is 2.56. The van der Waals surface area contributed by atoms with Crippen molar-refractivity contribution in [1.29, 1.82) is 0 Å². The van der Waals surface area contributed by atoms with Crippen molar-refractivity contribution in [1.82, 2.24) is 9.80 Å². The zero-order valence-electron chi connectivity index (χ0n) is 32.9. The van der Waals surface area contributed by atoms with Crippen molar-refractivity contribution in [2.45, 2.75) is 100 Å². The molecule has 5 aliphatic rings. The molecule has 3 fully saturated rings. The van der Waals surface area contributed by atoms with E-state index in [1.165, 1.54) is 36.8 Å². The number of likely N-dealkylation sites (N-methyl/N-ethyl adjacent to an activating group) is 2. The number of halogens is 4. The van der Waals surface area contributed by atoms with Gasteiger partial charge in [-0.05, 0) is 130 Å². The minimum Gasteiger partial charge on any atom is -0.488 e. The predicted molar refractivity (Wildman–Crippen MR) is 189 cm³/mol. The summed E-state index contributed by atoms with van der Waals surface area (Å²) in [5, 5.41) is 0. The van der Waals surface area contributed by atoms with Crippen molar-refractivity contribution in [2.24, 2.45) is 11.8 Å². The molecule has 2 aromatic rings. The Hall–Kier alpha value is -2.84. The van der Waals surface area contributed by atoms with Crippen LogP contribution in [0.1, 0.15) is 91.9 Å². The molecule has 1 heterocycles. The van der Waals surface area contributed by atoms with Gasteiger partial charge in [-0.25, -0.2) is 17.6 Å². The Morgan fingerprint density at radius 1 is 0.959 bits per heavy atom. The van der Waals surface area contributed by atoms with Crippen LogP contribution in [0.2, 0.25) is 0 Å². The highest BCUT2D eigenvalue weighted by molar-refractivity contribution is 5.62. The van der Waals surface area contributed by atoms with Gasteiger partial charge in [0.1, 0.15) is 24.6 Å². The van der Waals surface area contributed by atoms with Crippen LogP contribution in [0.3, 0.4) is 0 Å². The molecular formula is C41H54F4N2O2. The molecular weight excluding hydrogens is 628 g/mol. The molecule has 4 aliphatic carbocycles. The third kappa shape index (κ3) is 7.61. The SMILES string of the molecule is [2H]C([2H])(Oc1ccc2c(c1)[C@]1(CCN(C)CC=C)CCCC[C@@H]1C=C2)C(F)F.[2H]C([2H])(Oc1ccc2c(c1)[C@]13CCCC[C@@H]1[C@H](C2)N(C)CC3)C(F)F. The van der Waals surface area contributed by atoms with E-state index in [2.05, 4.69) is 42.6 Å². The first kappa shape index (κ1) is 30.9. The zero-order valence-corrected chi connectivity index (χ0v) is 28.9. The van der Waals surface area contributed by atoms with Gasteiger partial charge in [0.05, 0.1) is 5.48 Å². The topological polar surface area (TPSA) is 24.9 Å². The van der Waals surface area contributed by atoms with Gasteiger partial charge in [-0.15, -0.1) is 6.58 Å². The number of rotatable bonds is 11. The van der Waals surface area contributed by atoms with E-state index < -0.39 is 26.0 Å². The van der Waals surface area contributed by atoms with Gasteiger partial charge in [-0.3, -0.25) is 0 Å². The molecule has 5 atom stereocenters. The Kier molecular flexibility index (Phi) is 9.84. The average Bonchev–Trinajstić information content (AvgIpc) is 3.12. The first-order chi connectivity index (χ1) is 25.1. The van der Waals surface area contributed by atoms with Crippen LogP contribution in [0, 0.1) is 11.8 Å². The van der Waals surface area contributed by atoms with Crippen LogP contribution in [0.15, 0.2) is 55.1 Å². The van der Waals surface area contributed by atoms with Gasteiger partial charge in [-0.2, -0.15) is 0 Å². The zero-order chi connectivity index (χ0) is 38.2. The summed E-state index contributed by atoms with van der Waals surface area (Å²) in [5.41, 5.74) is 4.74. The van der Waals surface area contributed by atoms with Crippen LogP contribution in [0.5, 0.6) is 11.5 Å². The van der Waals surface area contributed by atoms with Crippen molar-refractivity contribution in [3.8, 4) is 11.5 Å². The summed E-state index contributed by atoms with van der Waals surface area (Å²) in [5.74, 6) is 1.41. The summed E-state index contributed by atoms with van der Waals surface area (Å²) in [6, 6.07) is 11.3. The molecule has 2 saturated carbocycles. The largest absolute Gasteiger partial charge is 0.488 e. The van der Waals surface area contributed by atoms with Crippen molar-refractivity contribution in [3.63, 3.8) is 0 Å². The quantitative estimate of drug-likeness (QED) is 0.174. The summed E-state index contributed by atoms with van der Waals surface area (Å²) in [6.45, 7) is 0.646. The number of allylic oxidation sites excluding steroid dienone is 1. The van der Waals surface area contributed by atoms with Crippen LogP contribution in [0.25, 0.3) is 6.08 Å². The van der Waals surface area contributed by atoms with E-state index in [9.17, 15) is 17.6 Å². The van der Waals surface area contributed by atoms with E-state index >= 15 is 0 Å². The van der Waals surface area contributed by atoms with E-state index in [4.69, 9.17) is 15.0 Å². The van der Waals surface area contributed by atoms with Crippen LogP contribution in [-0.2, 0) is 17.3 Å². The van der Waals surface area contributed by atoms with Gasteiger partial charge in [0.15, 0.2) is 0 Å². The molecule has 0 N–H and O–H groups in total. The molecule has 268 valence electrons. The van der Waals surface area contributed by atoms with Gasteiger partial charge in [-0.1, -0.05) is 56.0 Å². The van der Waals surface area contributed by atoms with Crippen molar-refractivity contribution >= 4 is 6.08 Å². The Morgan fingerprint density at radius 3 is 2.39 bits per heavy atom. The first-order valence-electron chi connectivity index (χ1n) is 20.0. The molecule has 0 spiro atoms. The van der Waals surface area contributed by atoms with Crippen molar-refractivity contribution < 1.29 is 32.5 Å². The Bertz CT molecular complexity index is 1640. The normalized spacial score (nSPS) is 30.3. The van der Waals surface area contributed by atoms with E-state index in [-0.39, 0.29) is 22.3 Å². The van der Waals surface area contributed by atoms with Crippen LogP contribution >= 0.6 is 0 Å². The Labute approximate surface area is 296 Å². The Morgan fingerprint density at radius 2 is 1.65 bits per heavy atom. The fourth-order valence-corrected chi connectivity index (χ4v) is 9.89. The van der Waals surface area contributed by atoms with Crippen LogP contribution in [0.4, 0.5) is 17.6 Å². The number of ether oxygens (including phenoxy) is 2. The molecule has 0 unspecified atom stereocenters. The molecule has 0 amide bonds. The van der Waals surface area contributed by atoms with Crippen molar-refractivity contribution in [3.05, 3.63) is 77.4 Å². The maximum absolute atomic E-state index is 12.9. The third-order valence-corrected chi connectivity index (χ3v) is 12.2. The first-order valence-corrected chi connectivity index (χ1v) is 18.0. The number of nitrogens with zero attached hydrogens (tertiary/aromatic N) is 2. The number of benzene rings is 2. The number of alkyl halides is 4. The van der Waals surface area contributed by atoms with Crippen LogP contribution in [-0.4, -0.2) is 75.5 Å². The summed E-state index contributed by atoms with van der Waals surface area (Å²) < 4.78 is 91.3. The lowest BCUT2D eigenvalue weighted by Crippen LogP contribution is -2.59. The fourth-order valence-electron chi connectivity index (χ4n) is 9.89. The highest BCUT2D eigenvalue weighted by atomic mass is 19.3. The molecule has 2 bridgehead atoms. The molecule has 1 aliphatic heterocycles. The number of hydrogen-bond acceptors (Lipinski definition) is 4. The molecule has 8 heteroatoms. The van der Waals surface area contributed by atoms with Gasteiger partial charge in [0.25, 0.3) is 12.9 Å². The van der Waals surface area contributed by atoms with Gasteiger partial charge >= 0.3 is 0 Å². The maximum atomic E-state index is 12.9. The minimum absolute atomic E-state index is 0.0608. The lowest BCUT2D eigenvalue weighted by molar-refractivity contribution is 0.00259.